The minimum atomic E-state index is -1.06. The van der Waals surface area contributed by atoms with Gasteiger partial charge >= 0.3 is 12.0 Å². The number of carbonyl (C=O) groups excluding carboxylic acids is 3. The van der Waals surface area contributed by atoms with E-state index in [-0.39, 0.29) is 44.3 Å². The quantitative estimate of drug-likeness (QED) is 0.350. The average molecular weight is 582 g/mol. The smallest absolute Gasteiger partial charge is 0.333 e. The number of nitrogens with zero attached hydrogens (tertiary/aromatic N) is 4. The molecule has 10 nitrogen and oxygen atoms in total. The number of benzene rings is 2. The summed E-state index contributed by atoms with van der Waals surface area (Å²) in [4.78, 5) is 55.4. The second-order valence-electron chi connectivity index (χ2n) is 10.8. The van der Waals surface area contributed by atoms with Crippen LogP contribution in [0.5, 0.6) is 0 Å². The van der Waals surface area contributed by atoms with Gasteiger partial charge in [-0.05, 0) is 55.4 Å². The largest absolute Gasteiger partial charge is 0.481 e. The van der Waals surface area contributed by atoms with Crippen LogP contribution >= 0.6 is 0 Å². The third kappa shape index (κ3) is 7.84. The number of aryl methyl sites for hydroxylation is 1. The molecule has 4 amide bonds. The first kappa shape index (κ1) is 31.0. The van der Waals surface area contributed by atoms with E-state index in [4.69, 9.17) is 0 Å². The Balaban J connectivity index is 1.59. The molecule has 2 N–H and O–H groups in total. The maximum absolute atomic E-state index is 14.0. The molecule has 42 heavy (non-hydrogen) atoms. The first-order chi connectivity index (χ1) is 20.3. The molecular formula is C31H40FN5O5. The number of fused-ring (bicyclic) bond motifs is 1. The number of carbonyl (C=O) groups is 4. The predicted octanol–water partition coefficient (Wildman–Crippen LogP) is 3.62. The number of amides is 4. The van der Waals surface area contributed by atoms with Crippen LogP contribution in [0.4, 0.5) is 9.18 Å². The van der Waals surface area contributed by atoms with Gasteiger partial charge in [-0.1, -0.05) is 55.8 Å². The van der Waals surface area contributed by atoms with Gasteiger partial charge in [0.1, 0.15) is 18.0 Å². The molecule has 0 bridgehead atoms. The molecule has 2 aliphatic rings. The van der Waals surface area contributed by atoms with Crippen molar-refractivity contribution in [2.24, 2.45) is 0 Å². The van der Waals surface area contributed by atoms with Crippen molar-refractivity contribution >= 4 is 23.8 Å². The van der Waals surface area contributed by atoms with Gasteiger partial charge in [-0.15, -0.1) is 0 Å². The number of aliphatic carboxylic acids is 1. The van der Waals surface area contributed by atoms with E-state index >= 15 is 0 Å². The second kappa shape index (κ2) is 14.8. The summed E-state index contributed by atoms with van der Waals surface area (Å²) in [6.07, 6.45) is 2.89. The van der Waals surface area contributed by atoms with E-state index in [1.54, 1.807) is 22.0 Å². The molecule has 2 aliphatic heterocycles. The van der Waals surface area contributed by atoms with E-state index in [0.29, 0.717) is 25.1 Å². The SMILES string of the molecule is CCCCNC(=O)N1[C@H]2CN(CCCCc3ccccc3)C(=O)[C@H](CCC(=O)O)N2C(=O)CN1Cc1cccc(F)c1. The lowest BCUT2D eigenvalue weighted by Crippen LogP contribution is -2.76. The van der Waals surface area contributed by atoms with Crippen LogP contribution < -0.4 is 5.32 Å². The fourth-order valence-electron chi connectivity index (χ4n) is 5.65. The maximum Gasteiger partial charge on any atom is 0.333 e. The van der Waals surface area contributed by atoms with Crippen LogP contribution in [0.25, 0.3) is 0 Å². The number of rotatable bonds is 13. The molecule has 0 aromatic heterocycles. The van der Waals surface area contributed by atoms with Crippen LogP contribution in [-0.4, -0.2) is 87.1 Å². The molecule has 2 atom stereocenters. The van der Waals surface area contributed by atoms with Gasteiger partial charge in [-0.3, -0.25) is 14.4 Å². The fourth-order valence-corrected chi connectivity index (χ4v) is 5.65. The van der Waals surface area contributed by atoms with Crippen molar-refractivity contribution in [3.63, 3.8) is 0 Å². The number of piperazine rings is 1. The molecule has 2 fully saturated rings. The number of hydrazine groups is 1. The lowest BCUT2D eigenvalue weighted by molar-refractivity contribution is -0.192. The number of halogens is 1. The van der Waals surface area contributed by atoms with Crippen molar-refractivity contribution in [1.29, 1.82) is 0 Å². The van der Waals surface area contributed by atoms with Gasteiger partial charge in [0.25, 0.3) is 0 Å². The Morgan fingerprint density at radius 1 is 1.02 bits per heavy atom. The van der Waals surface area contributed by atoms with Gasteiger partial charge in [-0.25, -0.2) is 19.2 Å². The number of carboxylic acid groups (broad SMARTS) is 1. The van der Waals surface area contributed by atoms with Gasteiger partial charge in [0.05, 0.1) is 13.1 Å². The normalized spacial score (nSPS) is 19.1. The minimum absolute atomic E-state index is 0.0495. The molecule has 0 radical (unpaired) electrons. The number of nitrogens with one attached hydrogen (secondary N) is 1. The summed E-state index contributed by atoms with van der Waals surface area (Å²) in [5, 5.41) is 15.4. The lowest BCUT2D eigenvalue weighted by atomic mass is 10.0. The summed E-state index contributed by atoms with van der Waals surface area (Å²) in [5.41, 5.74) is 1.79. The summed E-state index contributed by atoms with van der Waals surface area (Å²) >= 11 is 0. The van der Waals surface area contributed by atoms with Gasteiger partial charge in [0.15, 0.2) is 0 Å². The summed E-state index contributed by atoms with van der Waals surface area (Å²) in [7, 11) is 0. The Labute approximate surface area is 246 Å². The van der Waals surface area contributed by atoms with Crippen molar-refractivity contribution in [1.82, 2.24) is 25.1 Å². The van der Waals surface area contributed by atoms with Crippen LogP contribution in [-0.2, 0) is 27.3 Å². The van der Waals surface area contributed by atoms with Crippen molar-refractivity contribution in [3.05, 3.63) is 71.5 Å². The highest BCUT2D eigenvalue weighted by Gasteiger charge is 2.51. The standard InChI is InChI=1S/C31H40FN5O5/c1-2-3-17-33-31(42)37-27-21-34(18-8-7-12-23-10-5-4-6-11-23)30(41)26(15-16-29(39)40)36(27)28(38)22-35(37)20-24-13-9-14-25(32)19-24/h4-6,9-11,13-14,19,26-27H,2-3,7-8,12,15-18,20-22H2,1H3,(H,33,42)(H,39,40)/t26-,27-/m0/s1. The Morgan fingerprint density at radius 3 is 2.50 bits per heavy atom. The molecule has 0 spiro atoms. The van der Waals surface area contributed by atoms with E-state index in [0.717, 1.165) is 25.7 Å². The third-order valence-corrected chi connectivity index (χ3v) is 7.72. The van der Waals surface area contributed by atoms with E-state index in [9.17, 15) is 28.7 Å². The first-order valence-electron chi connectivity index (χ1n) is 14.7. The molecule has 4 rings (SSSR count). The van der Waals surface area contributed by atoms with Crippen LogP contribution in [0.3, 0.4) is 0 Å². The predicted molar refractivity (Wildman–Crippen MR) is 154 cm³/mol. The summed E-state index contributed by atoms with van der Waals surface area (Å²) in [5.74, 6) is -2.16. The van der Waals surface area contributed by atoms with Crippen molar-refractivity contribution in [2.75, 3.05) is 26.2 Å². The summed E-state index contributed by atoms with van der Waals surface area (Å²) in [6.45, 7) is 2.87. The first-order valence-corrected chi connectivity index (χ1v) is 14.7. The Kier molecular flexibility index (Phi) is 10.9. The molecule has 2 aromatic rings. The van der Waals surface area contributed by atoms with Crippen molar-refractivity contribution < 1.29 is 28.7 Å². The minimum Gasteiger partial charge on any atom is -0.481 e. The highest BCUT2D eigenvalue weighted by Crippen LogP contribution is 2.30. The zero-order valence-electron chi connectivity index (χ0n) is 24.1. The molecule has 0 aliphatic carbocycles. The highest BCUT2D eigenvalue weighted by atomic mass is 19.1. The number of hydrogen-bond acceptors (Lipinski definition) is 5. The number of unbranched alkanes of at least 4 members (excludes halogenated alkanes) is 2. The molecule has 11 heteroatoms. The van der Waals surface area contributed by atoms with E-state index in [2.05, 4.69) is 17.4 Å². The average Bonchev–Trinajstić information content (AvgIpc) is 2.96. The van der Waals surface area contributed by atoms with Gasteiger partial charge < -0.3 is 20.2 Å². The monoisotopic (exact) mass is 581 g/mol. The summed E-state index contributed by atoms with van der Waals surface area (Å²) < 4.78 is 14.0. The third-order valence-electron chi connectivity index (χ3n) is 7.72. The molecule has 0 saturated carbocycles. The van der Waals surface area contributed by atoms with Crippen molar-refractivity contribution in [3.8, 4) is 0 Å². The highest BCUT2D eigenvalue weighted by molar-refractivity contribution is 5.91. The Bertz CT molecular complexity index is 1250. The molecular weight excluding hydrogens is 541 g/mol. The number of urea groups is 1. The fraction of sp³-hybridized carbons (Fsp3) is 0.484. The van der Waals surface area contributed by atoms with E-state index < -0.39 is 30.0 Å². The molecule has 2 heterocycles. The topological polar surface area (TPSA) is 113 Å². The molecule has 226 valence electrons. The molecule has 2 saturated heterocycles. The van der Waals surface area contributed by atoms with E-state index in [1.807, 2.05) is 25.1 Å². The number of hydrogen-bond donors (Lipinski definition) is 2. The van der Waals surface area contributed by atoms with Gasteiger partial charge in [0.2, 0.25) is 11.8 Å². The van der Waals surface area contributed by atoms with Crippen LogP contribution in [0.1, 0.15) is 56.6 Å². The zero-order chi connectivity index (χ0) is 30.1. The van der Waals surface area contributed by atoms with Crippen LogP contribution in [0.15, 0.2) is 54.6 Å². The zero-order valence-corrected chi connectivity index (χ0v) is 24.1. The molecule has 2 aromatic carbocycles. The van der Waals surface area contributed by atoms with Gasteiger partial charge in [-0.2, -0.15) is 0 Å². The lowest BCUT2D eigenvalue weighted by Gasteiger charge is -2.55. The van der Waals surface area contributed by atoms with Crippen molar-refractivity contribution in [2.45, 2.75) is 70.6 Å². The van der Waals surface area contributed by atoms with Gasteiger partial charge in [0, 0.05) is 26.1 Å². The number of carboxylic acids is 1. The van der Waals surface area contributed by atoms with Crippen LogP contribution in [0.2, 0.25) is 0 Å². The summed E-state index contributed by atoms with van der Waals surface area (Å²) in [6, 6.07) is 14.6. The van der Waals surface area contributed by atoms with Crippen LogP contribution in [0, 0.1) is 5.82 Å². The second-order valence-corrected chi connectivity index (χ2v) is 10.8. The maximum atomic E-state index is 14.0. The van der Waals surface area contributed by atoms with E-state index in [1.165, 1.54) is 27.6 Å². The molecule has 0 unspecified atom stereocenters. The Morgan fingerprint density at radius 2 is 1.79 bits per heavy atom. The Hall–Kier alpha value is -3.99.